The Hall–Kier alpha value is -2.29. The van der Waals surface area contributed by atoms with Gasteiger partial charge in [-0.2, -0.15) is 0 Å². The van der Waals surface area contributed by atoms with E-state index in [1.54, 1.807) is 12.3 Å². The second kappa shape index (κ2) is 8.88. The molecule has 142 valence electrons. The SMILES string of the molecule is CC(=O)O[C@@H]1[C@@H](OC(C)=O)[C@H](OC(C)=O)CS[C@H]1Oc1cncc(C)c1. The smallest absolute Gasteiger partial charge is 0.303 e. The van der Waals surface area contributed by atoms with E-state index in [2.05, 4.69) is 4.98 Å². The van der Waals surface area contributed by atoms with Crippen LogP contribution in [-0.4, -0.2) is 52.4 Å². The van der Waals surface area contributed by atoms with Crippen molar-refractivity contribution in [2.75, 3.05) is 5.75 Å². The predicted molar refractivity (Wildman–Crippen MR) is 92.5 cm³/mol. The van der Waals surface area contributed by atoms with Crippen molar-refractivity contribution in [3.8, 4) is 5.75 Å². The molecule has 0 unspecified atom stereocenters. The van der Waals surface area contributed by atoms with Crippen LogP contribution in [-0.2, 0) is 28.6 Å². The van der Waals surface area contributed by atoms with E-state index in [-0.39, 0.29) is 0 Å². The predicted octanol–water partition coefficient (Wildman–Crippen LogP) is 1.64. The third kappa shape index (κ3) is 5.62. The quantitative estimate of drug-likeness (QED) is 0.554. The fourth-order valence-electron chi connectivity index (χ4n) is 2.54. The van der Waals surface area contributed by atoms with Crippen LogP contribution in [0.5, 0.6) is 5.75 Å². The molecule has 1 aromatic heterocycles. The second-order valence-corrected chi connectivity index (χ2v) is 6.94. The Morgan fingerprint density at radius 1 is 1.00 bits per heavy atom. The summed E-state index contributed by atoms with van der Waals surface area (Å²) in [5, 5.41) is 0. The number of rotatable bonds is 5. The van der Waals surface area contributed by atoms with Crippen LogP contribution < -0.4 is 4.74 Å². The summed E-state index contributed by atoms with van der Waals surface area (Å²) in [6.07, 6.45) is 0.561. The van der Waals surface area contributed by atoms with Crippen LogP contribution in [0.1, 0.15) is 26.3 Å². The minimum atomic E-state index is -0.968. The number of aryl methyl sites for hydroxylation is 1. The maximum atomic E-state index is 11.6. The van der Waals surface area contributed by atoms with Crippen molar-refractivity contribution in [1.82, 2.24) is 4.98 Å². The van der Waals surface area contributed by atoms with Crippen LogP contribution in [0.2, 0.25) is 0 Å². The summed E-state index contributed by atoms with van der Waals surface area (Å²) in [6.45, 7) is 5.61. The Bertz CT molecular complexity index is 681. The highest BCUT2D eigenvalue weighted by Gasteiger charge is 2.47. The maximum Gasteiger partial charge on any atom is 0.303 e. The van der Waals surface area contributed by atoms with Crippen LogP contribution in [0, 0.1) is 6.92 Å². The number of esters is 3. The first-order chi connectivity index (χ1) is 12.3. The first-order valence-corrected chi connectivity index (χ1v) is 9.02. The van der Waals surface area contributed by atoms with Crippen molar-refractivity contribution < 1.29 is 33.3 Å². The highest BCUT2D eigenvalue weighted by Crippen LogP contribution is 2.34. The van der Waals surface area contributed by atoms with Crippen molar-refractivity contribution in [2.24, 2.45) is 0 Å². The number of nitrogens with zero attached hydrogens (tertiary/aromatic N) is 1. The highest BCUT2D eigenvalue weighted by atomic mass is 32.2. The normalized spacial score (nSPS) is 25.1. The van der Waals surface area contributed by atoms with E-state index in [9.17, 15) is 14.4 Å². The molecule has 1 aliphatic heterocycles. The molecule has 0 radical (unpaired) electrons. The van der Waals surface area contributed by atoms with Gasteiger partial charge in [0.25, 0.3) is 0 Å². The third-order valence-corrected chi connectivity index (χ3v) is 4.62. The van der Waals surface area contributed by atoms with Crippen molar-refractivity contribution in [2.45, 2.75) is 51.4 Å². The molecule has 9 heteroatoms. The average molecular weight is 383 g/mol. The first-order valence-electron chi connectivity index (χ1n) is 7.98. The number of thioether (sulfide) groups is 1. The number of aromatic nitrogens is 1. The zero-order valence-electron chi connectivity index (χ0n) is 15.0. The average Bonchev–Trinajstić information content (AvgIpc) is 2.51. The van der Waals surface area contributed by atoms with Gasteiger partial charge in [-0.25, -0.2) is 0 Å². The second-order valence-electron chi connectivity index (χ2n) is 5.81. The molecule has 0 aliphatic carbocycles. The van der Waals surface area contributed by atoms with Crippen LogP contribution in [0.4, 0.5) is 0 Å². The monoisotopic (exact) mass is 383 g/mol. The summed E-state index contributed by atoms with van der Waals surface area (Å²) in [7, 11) is 0. The largest absolute Gasteiger partial charge is 0.474 e. The lowest BCUT2D eigenvalue weighted by molar-refractivity contribution is -0.186. The number of hydrogen-bond acceptors (Lipinski definition) is 9. The van der Waals surface area contributed by atoms with E-state index in [4.69, 9.17) is 18.9 Å². The minimum absolute atomic E-state index is 0.319. The highest BCUT2D eigenvalue weighted by molar-refractivity contribution is 7.99. The van der Waals surface area contributed by atoms with Gasteiger partial charge in [-0.05, 0) is 18.6 Å². The molecule has 4 atom stereocenters. The summed E-state index contributed by atoms with van der Waals surface area (Å²) in [5.41, 5.74) is 0.250. The van der Waals surface area contributed by atoms with Gasteiger partial charge in [-0.1, -0.05) is 0 Å². The van der Waals surface area contributed by atoms with Crippen molar-refractivity contribution >= 4 is 29.7 Å². The summed E-state index contributed by atoms with van der Waals surface area (Å²) in [4.78, 5) is 38.5. The van der Waals surface area contributed by atoms with E-state index in [0.717, 1.165) is 5.56 Å². The molecular weight excluding hydrogens is 362 g/mol. The molecule has 2 rings (SSSR count). The zero-order chi connectivity index (χ0) is 19.3. The Balaban J connectivity index is 2.27. The summed E-state index contributed by atoms with van der Waals surface area (Å²) >= 11 is 1.30. The van der Waals surface area contributed by atoms with E-state index in [1.807, 2.05) is 6.92 Å². The Morgan fingerprint density at radius 3 is 2.19 bits per heavy atom. The fourth-order valence-corrected chi connectivity index (χ4v) is 3.75. The number of ether oxygens (including phenoxy) is 4. The Kier molecular flexibility index (Phi) is 6.84. The Morgan fingerprint density at radius 2 is 1.62 bits per heavy atom. The molecule has 0 spiro atoms. The molecule has 1 aromatic rings. The summed E-state index contributed by atoms with van der Waals surface area (Å²) < 4.78 is 21.8. The van der Waals surface area contributed by atoms with Crippen molar-refractivity contribution in [3.63, 3.8) is 0 Å². The molecule has 0 N–H and O–H groups in total. The van der Waals surface area contributed by atoms with Crippen LogP contribution in [0.3, 0.4) is 0 Å². The van der Waals surface area contributed by atoms with Crippen LogP contribution >= 0.6 is 11.8 Å². The molecule has 1 aliphatic rings. The lowest BCUT2D eigenvalue weighted by Crippen LogP contribution is -2.55. The molecule has 1 fully saturated rings. The molecular formula is C17H21NO7S. The van der Waals surface area contributed by atoms with Gasteiger partial charge in [-0.3, -0.25) is 19.4 Å². The molecule has 8 nitrogen and oxygen atoms in total. The van der Waals surface area contributed by atoms with E-state index in [1.165, 1.54) is 38.7 Å². The molecule has 26 heavy (non-hydrogen) atoms. The minimum Gasteiger partial charge on any atom is -0.474 e. The summed E-state index contributed by atoms with van der Waals surface area (Å²) in [5.74, 6) is -0.845. The van der Waals surface area contributed by atoms with E-state index >= 15 is 0 Å². The van der Waals surface area contributed by atoms with Crippen molar-refractivity contribution in [1.29, 1.82) is 0 Å². The zero-order valence-corrected chi connectivity index (χ0v) is 15.8. The topological polar surface area (TPSA) is 101 Å². The van der Waals surface area contributed by atoms with Gasteiger partial charge in [0.1, 0.15) is 5.75 Å². The molecule has 0 aromatic carbocycles. The van der Waals surface area contributed by atoms with Gasteiger partial charge >= 0.3 is 17.9 Å². The van der Waals surface area contributed by atoms with Gasteiger partial charge in [-0.15, -0.1) is 11.8 Å². The van der Waals surface area contributed by atoms with Gasteiger partial charge in [0, 0.05) is 32.7 Å². The fraction of sp³-hybridized carbons (Fsp3) is 0.529. The number of hydrogen-bond donors (Lipinski definition) is 0. The van der Waals surface area contributed by atoms with Crippen LogP contribution in [0.15, 0.2) is 18.5 Å². The number of pyridine rings is 1. The molecule has 0 saturated carbocycles. The van der Waals surface area contributed by atoms with Gasteiger partial charge < -0.3 is 18.9 Å². The lowest BCUT2D eigenvalue weighted by atomic mass is 10.1. The standard InChI is InChI=1S/C17H21NO7S/c1-9-5-13(7-18-6-9)25-17-16(24-12(4)21)15(23-11(3)20)14(8-26-17)22-10(2)19/h5-7,14-17H,8H2,1-4H3/t14-,15+,16-,17-/m1/s1. The number of carbonyl (C=O) groups is 3. The number of carbonyl (C=O) groups excluding carboxylic acids is 3. The third-order valence-electron chi connectivity index (χ3n) is 3.41. The molecule has 1 saturated heterocycles. The van der Waals surface area contributed by atoms with Gasteiger partial charge in [0.05, 0.1) is 6.20 Å². The van der Waals surface area contributed by atoms with Crippen molar-refractivity contribution in [3.05, 3.63) is 24.0 Å². The van der Waals surface area contributed by atoms with Gasteiger partial charge in [0.2, 0.25) is 0 Å². The van der Waals surface area contributed by atoms with Gasteiger partial charge in [0.15, 0.2) is 23.7 Å². The first kappa shape index (κ1) is 20.0. The molecule has 2 heterocycles. The lowest BCUT2D eigenvalue weighted by Gasteiger charge is -2.39. The summed E-state index contributed by atoms with van der Waals surface area (Å²) in [6, 6.07) is 1.79. The maximum absolute atomic E-state index is 11.6. The molecule has 0 bridgehead atoms. The van der Waals surface area contributed by atoms with E-state index in [0.29, 0.717) is 11.5 Å². The van der Waals surface area contributed by atoms with E-state index < -0.39 is 41.7 Å². The molecule has 0 amide bonds. The van der Waals surface area contributed by atoms with Crippen LogP contribution in [0.25, 0.3) is 0 Å². The Labute approximate surface area is 155 Å².